The van der Waals surface area contributed by atoms with Gasteiger partial charge in [-0.3, -0.25) is 19.2 Å². The van der Waals surface area contributed by atoms with E-state index in [4.69, 9.17) is 0 Å². The van der Waals surface area contributed by atoms with E-state index in [1.165, 1.54) is 0 Å². The van der Waals surface area contributed by atoms with E-state index in [0.717, 1.165) is 176 Å². The third-order valence-corrected chi connectivity index (χ3v) is 27.9. The van der Waals surface area contributed by atoms with Gasteiger partial charge in [0.2, 0.25) is 0 Å². The first-order valence-corrected chi connectivity index (χ1v) is 34.2. The van der Waals surface area contributed by atoms with Crippen LogP contribution < -0.4 is 0 Å². The maximum absolute atomic E-state index is 13.2. The zero-order chi connectivity index (χ0) is 60.5. The molecule has 0 amide bonds. The van der Waals surface area contributed by atoms with Gasteiger partial charge in [-0.25, -0.2) is 0 Å². The molecule has 8 unspecified atom stereocenters. The van der Waals surface area contributed by atoms with Crippen LogP contribution >= 0.6 is 0 Å². The lowest BCUT2D eigenvalue weighted by molar-refractivity contribution is -0.148. The Bertz CT molecular complexity index is 3090. The second kappa shape index (κ2) is 18.8. The number of phenolic OH excluding ortho intramolecular Hbond substituents is 4. The number of carboxylic acids is 4. The molecule has 4 aromatic carbocycles. The lowest BCUT2D eigenvalue weighted by atomic mass is 9.42. The summed E-state index contributed by atoms with van der Waals surface area (Å²) in [5, 5.41) is 94.9. The molecule has 88 heavy (non-hydrogen) atoms. The Labute approximate surface area is 516 Å². The largest absolute Gasteiger partial charge is 0.507 e. The third kappa shape index (κ3) is 8.80. The summed E-state index contributed by atoms with van der Waals surface area (Å²) in [5.74, 6) is 0.452. The number of aliphatic carboxylic acids is 4. The van der Waals surface area contributed by atoms with Gasteiger partial charge in [0.15, 0.2) is 0 Å². The van der Waals surface area contributed by atoms with Gasteiger partial charge in [0.05, 0.1) is 25.7 Å². The molecule has 4 aromatic rings. The summed E-state index contributed by atoms with van der Waals surface area (Å²) in [5.41, 5.74) is 6.97. The van der Waals surface area contributed by atoms with Crippen molar-refractivity contribution < 1.29 is 60.0 Å². The summed E-state index contributed by atoms with van der Waals surface area (Å²) in [7, 11) is 0. The van der Waals surface area contributed by atoms with Crippen LogP contribution in [0, 0.1) is 69.0 Å². The second-order valence-electron chi connectivity index (χ2n) is 34.5. The van der Waals surface area contributed by atoms with E-state index in [2.05, 4.69) is 48.5 Å². The fourth-order valence-corrected chi connectivity index (χ4v) is 27.4. The highest BCUT2D eigenvalue weighted by Gasteiger charge is 2.63. The Morgan fingerprint density at radius 3 is 0.591 bits per heavy atom. The summed E-state index contributed by atoms with van der Waals surface area (Å²) in [6, 6.07) is 17.4. The van der Waals surface area contributed by atoms with Gasteiger partial charge in [-0.15, -0.1) is 0 Å². The highest BCUT2D eigenvalue weighted by Crippen LogP contribution is 2.72. The minimum absolute atomic E-state index is 0.104. The van der Waals surface area contributed by atoms with Crippen LogP contribution in [0.2, 0.25) is 0 Å². The Morgan fingerprint density at radius 2 is 0.443 bits per heavy atom. The average Bonchev–Trinajstić information content (AvgIpc) is 0.807. The van der Waals surface area contributed by atoms with E-state index in [-0.39, 0.29) is 118 Å². The standard InChI is InChI=1S/C76H88O12/c77-61(78)33-69-17-41-1-42(18-69)26-73(25-41,37-69)57-9-49-5-51-11-58(74-27-43-2-44(28-74)20-70(19-43,38-74)34-62(79)80)13-53(66(51)86)7-55-15-60(76-31-47-4-48(32-76)24-72(23-47,40-76)36-64(83)84)16-56(68(55)88)8-54-14-59(12-52(67(54)87)6-50(10-57)65(49)85)75-29-45-3-46(30-75)22-71(21-45,39-75)35-63(81)82/h9-16,41-48,85-88H,1-8,17-40H2,(H,77,78)(H,79,80)(H,81,82)(H,83,84)/t41-,42+,43-,44+,45-,46+,47-,48+,69?,70?,71?,72?,73?,74?,75?,76?. The van der Waals surface area contributed by atoms with Gasteiger partial charge >= 0.3 is 23.9 Å². The highest BCUT2D eigenvalue weighted by molar-refractivity contribution is 5.70. The Morgan fingerprint density at radius 1 is 0.284 bits per heavy atom. The highest BCUT2D eigenvalue weighted by atomic mass is 16.4. The SMILES string of the molecule is O=C(O)CC12C[C@H]3C[C@@H](C1)CC(c1cc4c(O)c(c1)Cc1cc(C56C[C@@H]7C[C@@H](CC(CC(=O)O)(C7)C5)C6)cc(c1O)Cc1cc(C56C[C@@H]7C[C@@H](CC(CC(=O)O)(C7)C5)C6)cc(c1O)Cc1cc(C56C[C@@H]7C[C@@H](CC(CC(=O)O)(C7)C5)C6)cc(c1O)C4)(C3)C2. The topological polar surface area (TPSA) is 230 Å². The van der Waals surface area contributed by atoms with Crippen LogP contribution in [0.3, 0.4) is 0 Å². The number of phenols is 4. The summed E-state index contributed by atoms with van der Waals surface area (Å²) < 4.78 is 0. The van der Waals surface area contributed by atoms with Gasteiger partial charge in [-0.2, -0.15) is 0 Å². The lowest BCUT2D eigenvalue weighted by Crippen LogP contribution is -2.54. The van der Waals surface area contributed by atoms with Crippen LogP contribution in [0.4, 0.5) is 0 Å². The van der Waals surface area contributed by atoms with E-state index in [9.17, 15) is 60.0 Å². The Balaban J connectivity index is 0.879. The minimum atomic E-state index is -0.761. The van der Waals surface area contributed by atoms with Gasteiger partial charge in [0.1, 0.15) is 23.0 Å². The van der Waals surface area contributed by atoms with Crippen molar-refractivity contribution in [3.8, 4) is 23.0 Å². The van der Waals surface area contributed by atoms with Crippen LogP contribution in [0.15, 0.2) is 48.5 Å². The molecule has 17 aliphatic carbocycles. The number of fused-ring (bicyclic) bond motifs is 8. The molecular weight excluding hydrogens is 1100 g/mol. The molecule has 0 saturated heterocycles. The number of hydrogen-bond acceptors (Lipinski definition) is 8. The first kappa shape index (κ1) is 56.0. The molecule has 17 aliphatic rings. The van der Waals surface area contributed by atoms with E-state index < -0.39 is 23.9 Å². The van der Waals surface area contributed by atoms with Crippen LogP contribution in [0.25, 0.3) is 0 Å². The molecule has 12 nitrogen and oxygen atoms in total. The molecule has 0 spiro atoms. The zero-order valence-corrected chi connectivity index (χ0v) is 51.1. The molecule has 464 valence electrons. The Hall–Kier alpha value is -6.04. The zero-order valence-electron chi connectivity index (χ0n) is 51.1. The van der Waals surface area contributed by atoms with Crippen molar-refractivity contribution in [3.05, 3.63) is 115 Å². The monoisotopic (exact) mass is 1190 g/mol. The van der Waals surface area contributed by atoms with E-state index >= 15 is 0 Å². The van der Waals surface area contributed by atoms with Crippen molar-refractivity contribution in [2.75, 3.05) is 0 Å². The molecule has 0 radical (unpaired) electrons. The quantitative estimate of drug-likeness (QED) is 0.0583. The minimum Gasteiger partial charge on any atom is -0.507 e. The summed E-state index contributed by atoms with van der Waals surface area (Å²) in [6.45, 7) is 0. The van der Waals surface area contributed by atoms with Gasteiger partial charge in [0, 0.05) is 25.7 Å². The molecule has 12 heteroatoms. The maximum Gasteiger partial charge on any atom is 0.303 e. The van der Waals surface area contributed by atoms with Crippen molar-refractivity contribution in [1.82, 2.24) is 0 Å². The smallest absolute Gasteiger partial charge is 0.303 e. The first-order chi connectivity index (χ1) is 41.9. The molecule has 16 fully saturated rings. The Kier molecular flexibility index (Phi) is 12.0. The van der Waals surface area contributed by atoms with Crippen molar-refractivity contribution in [2.45, 2.75) is 227 Å². The van der Waals surface area contributed by atoms with Gasteiger partial charge < -0.3 is 40.9 Å². The van der Waals surface area contributed by atoms with Crippen LogP contribution in [0.5, 0.6) is 23.0 Å². The summed E-state index contributed by atoms with van der Waals surface area (Å²) in [6.07, 6.45) is 23.3. The molecule has 0 aliphatic heterocycles. The normalized spacial score (nSPS) is 40.5. The van der Waals surface area contributed by atoms with Crippen molar-refractivity contribution in [3.63, 3.8) is 0 Å². The van der Waals surface area contributed by atoms with Crippen molar-refractivity contribution >= 4 is 23.9 Å². The molecular formula is C76H88O12. The van der Waals surface area contributed by atoms with Crippen molar-refractivity contribution in [1.29, 1.82) is 0 Å². The number of rotatable bonds is 12. The van der Waals surface area contributed by atoms with Crippen LogP contribution in [0.1, 0.15) is 247 Å². The first-order valence-electron chi connectivity index (χ1n) is 34.2. The molecule has 0 aromatic heterocycles. The predicted molar refractivity (Wildman–Crippen MR) is 328 cm³/mol. The molecule has 8 N–H and O–H groups in total. The van der Waals surface area contributed by atoms with Gasteiger partial charge in [-0.05, 0) is 312 Å². The fourth-order valence-electron chi connectivity index (χ4n) is 27.4. The average molecular weight is 1190 g/mol. The van der Waals surface area contributed by atoms with Crippen molar-refractivity contribution in [2.24, 2.45) is 69.0 Å². The molecule has 24 bridgehead atoms. The predicted octanol–water partition coefficient (Wildman–Crippen LogP) is 14.4. The molecule has 21 rings (SSSR count). The van der Waals surface area contributed by atoms with E-state index in [1.54, 1.807) is 0 Å². The number of carboxylic acid groups (broad SMARTS) is 4. The van der Waals surface area contributed by atoms with E-state index in [1.807, 2.05) is 0 Å². The molecule has 16 saturated carbocycles. The van der Waals surface area contributed by atoms with Gasteiger partial charge in [0.25, 0.3) is 0 Å². The fraction of sp³-hybridized carbons (Fsp3) is 0.632. The molecule has 0 heterocycles. The summed E-state index contributed by atoms with van der Waals surface area (Å²) in [4.78, 5) is 51.0. The number of carbonyl (C=O) groups is 4. The number of benzene rings is 4. The van der Waals surface area contributed by atoms with Gasteiger partial charge in [-0.1, -0.05) is 48.5 Å². The van der Waals surface area contributed by atoms with Crippen LogP contribution in [-0.2, 0) is 66.5 Å². The van der Waals surface area contributed by atoms with E-state index in [0.29, 0.717) is 91.9 Å². The maximum atomic E-state index is 13.2. The second-order valence-corrected chi connectivity index (χ2v) is 34.5. The van der Waals surface area contributed by atoms with Crippen LogP contribution in [-0.4, -0.2) is 64.7 Å². The number of hydrogen-bond donors (Lipinski definition) is 8. The lowest BCUT2D eigenvalue weighted by Gasteiger charge is -2.62. The third-order valence-electron chi connectivity index (χ3n) is 27.9. The summed E-state index contributed by atoms with van der Waals surface area (Å²) >= 11 is 0. The number of aromatic hydroxyl groups is 4. The molecule has 16 atom stereocenters.